The first-order valence-electron chi connectivity index (χ1n) is 5.34. The number of rotatable bonds is 3. The molecule has 17 heavy (non-hydrogen) atoms. The van der Waals surface area contributed by atoms with E-state index in [1.807, 2.05) is 0 Å². The third-order valence-electron chi connectivity index (χ3n) is 2.70. The van der Waals surface area contributed by atoms with Gasteiger partial charge < -0.3 is 9.84 Å². The second kappa shape index (κ2) is 4.44. The highest BCUT2D eigenvalue weighted by Gasteiger charge is 2.24. The van der Waals surface area contributed by atoms with Crippen molar-refractivity contribution < 1.29 is 19.4 Å². The monoisotopic (exact) mass is 239 g/mol. The van der Waals surface area contributed by atoms with Gasteiger partial charge in [0.05, 0.1) is 11.4 Å². The van der Waals surface area contributed by atoms with Crippen LogP contribution in [0.15, 0.2) is 0 Å². The largest absolute Gasteiger partial charge is 0.476 e. The normalized spacial score (nSPS) is 15.1. The zero-order chi connectivity index (χ0) is 12.4. The number of carboxylic acids is 1. The molecule has 1 aromatic rings. The van der Waals surface area contributed by atoms with E-state index in [1.54, 1.807) is 6.92 Å². The number of aromatic carboxylic acids is 1. The highest BCUT2D eigenvalue weighted by molar-refractivity contribution is 5.97. The second-order valence-electron chi connectivity index (χ2n) is 3.96. The zero-order valence-electron chi connectivity index (χ0n) is 9.32. The van der Waals surface area contributed by atoms with Crippen LogP contribution in [-0.4, -0.2) is 33.5 Å². The van der Waals surface area contributed by atoms with Crippen LogP contribution in [0.4, 0.5) is 10.5 Å². The van der Waals surface area contributed by atoms with Gasteiger partial charge in [-0.2, -0.15) is 5.10 Å². The zero-order valence-corrected chi connectivity index (χ0v) is 9.32. The fourth-order valence-electron chi connectivity index (χ4n) is 1.51. The van der Waals surface area contributed by atoms with E-state index in [0.717, 1.165) is 19.3 Å². The van der Waals surface area contributed by atoms with Crippen LogP contribution in [0.2, 0.25) is 0 Å². The first kappa shape index (κ1) is 11.4. The van der Waals surface area contributed by atoms with Crippen molar-refractivity contribution in [3.63, 3.8) is 0 Å². The number of anilines is 1. The Morgan fingerprint density at radius 2 is 2.24 bits per heavy atom. The molecule has 3 N–H and O–H groups in total. The predicted molar refractivity (Wildman–Crippen MR) is 58.0 cm³/mol. The van der Waals surface area contributed by atoms with Crippen LogP contribution in [0.25, 0.3) is 0 Å². The van der Waals surface area contributed by atoms with E-state index >= 15 is 0 Å². The van der Waals surface area contributed by atoms with Gasteiger partial charge >= 0.3 is 12.1 Å². The molecule has 0 aromatic carbocycles. The lowest BCUT2D eigenvalue weighted by Gasteiger charge is -2.25. The molecule has 1 aromatic heterocycles. The second-order valence-corrected chi connectivity index (χ2v) is 3.96. The molecule has 2 rings (SSSR count). The van der Waals surface area contributed by atoms with Crippen LogP contribution in [0, 0.1) is 6.92 Å². The third kappa shape index (κ3) is 2.38. The summed E-state index contributed by atoms with van der Waals surface area (Å²) in [5, 5.41) is 17.4. The molecule has 7 heteroatoms. The number of aryl methyl sites for hydroxylation is 1. The Morgan fingerprint density at radius 3 is 2.76 bits per heavy atom. The average Bonchev–Trinajstić information content (AvgIpc) is 2.55. The minimum Gasteiger partial charge on any atom is -0.476 e. The summed E-state index contributed by atoms with van der Waals surface area (Å²) in [4.78, 5) is 22.3. The van der Waals surface area contributed by atoms with Crippen LogP contribution in [-0.2, 0) is 4.74 Å². The SMILES string of the molecule is Cc1[nH]nc(C(=O)O)c1NC(=O)OC1CCC1. The Morgan fingerprint density at radius 1 is 1.53 bits per heavy atom. The first-order valence-corrected chi connectivity index (χ1v) is 5.34. The molecule has 0 atom stereocenters. The number of aromatic amines is 1. The highest BCUT2D eigenvalue weighted by atomic mass is 16.6. The van der Waals surface area contributed by atoms with Crippen molar-refractivity contribution in [3.8, 4) is 0 Å². The Kier molecular flexibility index (Phi) is 2.99. The predicted octanol–water partition coefficient (Wildman–Crippen LogP) is 1.52. The fourth-order valence-corrected chi connectivity index (χ4v) is 1.51. The Balaban J connectivity index is 2.03. The van der Waals surface area contributed by atoms with Gasteiger partial charge in [0.15, 0.2) is 5.69 Å². The summed E-state index contributed by atoms with van der Waals surface area (Å²) < 4.78 is 5.06. The number of hydrogen-bond donors (Lipinski definition) is 3. The number of H-pyrrole nitrogens is 1. The summed E-state index contributed by atoms with van der Waals surface area (Å²) in [5.41, 5.74) is 0.419. The maximum absolute atomic E-state index is 11.5. The number of nitrogens with one attached hydrogen (secondary N) is 2. The maximum Gasteiger partial charge on any atom is 0.412 e. The van der Waals surface area contributed by atoms with Gasteiger partial charge in [-0.25, -0.2) is 9.59 Å². The Hall–Kier alpha value is -2.05. The van der Waals surface area contributed by atoms with Gasteiger partial charge in [0.2, 0.25) is 0 Å². The number of aromatic nitrogens is 2. The third-order valence-corrected chi connectivity index (χ3v) is 2.70. The van der Waals surface area contributed by atoms with Crippen molar-refractivity contribution in [2.24, 2.45) is 0 Å². The molecular weight excluding hydrogens is 226 g/mol. The van der Waals surface area contributed by atoms with E-state index in [0.29, 0.717) is 5.69 Å². The summed E-state index contributed by atoms with van der Waals surface area (Å²) in [7, 11) is 0. The summed E-state index contributed by atoms with van der Waals surface area (Å²) in [6.07, 6.45) is 2.10. The maximum atomic E-state index is 11.5. The van der Waals surface area contributed by atoms with Crippen molar-refractivity contribution in [2.75, 3.05) is 5.32 Å². The number of carbonyl (C=O) groups excluding carboxylic acids is 1. The lowest BCUT2D eigenvalue weighted by Crippen LogP contribution is -2.28. The van der Waals surface area contributed by atoms with Crippen LogP contribution in [0.1, 0.15) is 35.4 Å². The molecule has 0 unspecified atom stereocenters. The molecule has 0 saturated heterocycles. The van der Waals surface area contributed by atoms with E-state index in [9.17, 15) is 9.59 Å². The van der Waals surface area contributed by atoms with Gasteiger partial charge in [-0.05, 0) is 26.2 Å². The number of ether oxygens (including phenoxy) is 1. The molecule has 1 aliphatic carbocycles. The molecule has 7 nitrogen and oxygen atoms in total. The minimum absolute atomic E-state index is 0.0458. The van der Waals surface area contributed by atoms with Crippen LogP contribution in [0.3, 0.4) is 0 Å². The van der Waals surface area contributed by atoms with E-state index in [-0.39, 0.29) is 17.5 Å². The van der Waals surface area contributed by atoms with E-state index in [2.05, 4.69) is 15.5 Å². The minimum atomic E-state index is -1.20. The van der Waals surface area contributed by atoms with Gasteiger partial charge in [0.25, 0.3) is 0 Å². The van der Waals surface area contributed by atoms with Gasteiger partial charge in [-0.15, -0.1) is 0 Å². The Bertz CT molecular complexity index is 450. The molecule has 0 spiro atoms. The van der Waals surface area contributed by atoms with Crippen molar-refractivity contribution in [2.45, 2.75) is 32.3 Å². The molecule has 92 valence electrons. The molecule has 1 saturated carbocycles. The summed E-state index contributed by atoms with van der Waals surface area (Å²) in [6, 6.07) is 0. The van der Waals surface area contributed by atoms with E-state index < -0.39 is 12.1 Å². The molecule has 1 aliphatic rings. The smallest absolute Gasteiger partial charge is 0.412 e. The number of hydrogen-bond acceptors (Lipinski definition) is 4. The summed E-state index contributed by atoms with van der Waals surface area (Å²) in [5.74, 6) is -1.20. The van der Waals surface area contributed by atoms with Crippen molar-refractivity contribution >= 4 is 17.7 Å². The van der Waals surface area contributed by atoms with Gasteiger partial charge in [0, 0.05) is 0 Å². The van der Waals surface area contributed by atoms with E-state index in [1.165, 1.54) is 0 Å². The molecule has 1 amide bonds. The number of carbonyl (C=O) groups is 2. The molecule has 0 bridgehead atoms. The number of nitrogens with zero attached hydrogens (tertiary/aromatic N) is 1. The fraction of sp³-hybridized carbons (Fsp3) is 0.500. The molecule has 0 radical (unpaired) electrons. The molecular formula is C10H13N3O4. The summed E-state index contributed by atoms with van der Waals surface area (Å²) in [6.45, 7) is 1.62. The lowest BCUT2D eigenvalue weighted by molar-refractivity contribution is 0.0623. The van der Waals surface area contributed by atoms with Crippen molar-refractivity contribution in [1.82, 2.24) is 10.2 Å². The van der Waals surface area contributed by atoms with Crippen LogP contribution >= 0.6 is 0 Å². The average molecular weight is 239 g/mol. The lowest BCUT2D eigenvalue weighted by atomic mass is 9.96. The topological polar surface area (TPSA) is 104 Å². The molecule has 0 aliphatic heterocycles. The van der Waals surface area contributed by atoms with Crippen molar-refractivity contribution in [1.29, 1.82) is 0 Å². The molecule has 1 fully saturated rings. The van der Waals surface area contributed by atoms with Gasteiger partial charge in [-0.3, -0.25) is 10.4 Å². The number of amides is 1. The number of carboxylic acid groups (broad SMARTS) is 1. The van der Waals surface area contributed by atoms with Gasteiger partial charge in [-0.1, -0.05) is 0 Å². The first-order chi connectivity index (χ1) is 8.08. The van der Waals surface area contributed by atoms with Crippen LogP contribution < -0.4 is 5.32 Å². The van der Waals surface area contributed by atoms with Gasteiger partial charge in [0.1, 0.15) is 6.10 Å². The molecule has 1 heterocycles. The van der Waals surface area contributed by atoms with E-state index in [4.69, 9.17) is 9.84 Å². The quantitative estimate of drug-likeness (QED) is 0.741. The highest BCUT2D eigenvalue weighted by Crippen LogP contribution is 2.23. The van der Waals surface area contributed by atoms with Crippen LogP contribution in [0.5, 0.6) is 0 Å². The van der Waals surface area contributed by atoms with Crippen molar-refractivity contribution in [3.05, 3.63) is 11.4 Å². The summed E-state index contributed by atoms with van der Waals surface area (Å²) >= 11 is 0. The standard InChI is InChI=1S/C10H13N3O4/c1-5-7(8(9(14)15)13-12-5)11-10(16)17-6-3-2-4-6/h6H,2-4H2,1H3,(H,11,16)(H,12,13)(H,14,15). The Labute approximate surface area is 97.2 Å².